The number of carbonyl (C=O) groups is 2. The van der Waals surface area contributed by atoms with E-state index in [1.807, 2.05) is 47.6 Å². The summed E-state index contributed by atoms with van der Waals surface area (Å²) in [5, 5.41) is 0.759. The van der Waals surface area contributed by atoms with E-state index in [9.17, 15) is 9.59 Å². The normalized spacial score (nSPS) is 18.9. The van der Waals surface area contributed by atoms with Crippen LogP contribution in [0.1, 0.15) is 57.6 Å². The van der Waals surface area contributed by atoms with Crippen LogP contribution in [0.25, 0.3) is 10.9 Å². The molecule has 0 aliphatic carbocycles. The molecule has 180 valence electrons. The number of methoxy groups -OCH3 is 1. The molecule has 2 aromatic heterocycles. The molecule has 0 saturated carbocycles. The van der Waals surface area contributed by atoms with Crippen molar-refractivity contribution in [1.82, 2.24) is 14.9 Å². The molecule has 3 heterocycles. The van der Waals surface area contributed by atoms with Crippen molar-refractivity contribution in [1.29, 1.82) is 0 Å². The van der Waals surface area contributed by atoms with E-state index >= 15 is 0 Å². The lowest BCUT2D eigenvalue weighted by Crippen LogP contribution is -2.59. The van der Waals surface area contributed by atoms with E-state index in [2.05, 4.69) is 14.9 Å². The number of nitrogens with zero attached hydrogens (tertiary/aromatic N) is 4. The Morgan fingerprint density at radius 1 is 1.18 bits per heavy atom. The van der Waals surface area contributed by atoms with Crippen LogP contribution >= 0.6 is 0 Å². The number of hydrogen-bond donors (Lipinski definition) is 0. The molecule has 0 spiro atoms. The third kappa shape index (κ3) is 5.12. The minimum Gasteiger partial charge on any atom is -0.479 e. The topological polar surface area (TPSA) is 94.1 Å². The van der Waals surface area contributed by atoms with Crippen molar-refractivity contribution in [2.75, 3.05) is 31.7 Å². The monoisotopic (exact) mass is 458 g/mol. The summed E-state index contributed by atoms with van der Waals surface area (Å²) in [6, 6.07) is 1.61. The maximum absolute atomic E-state index is 12.9. The molecule has 1 aliphatic heterocycles. The van der Waals surface area contributed by atoms with E-state index in [1.54, 1.807) is 18.9 Å². The van der Waals surface area contributed by atoms with Crippen LogP contribution in [0.5, 0.6) is 5.88 Å². The molecule has 1 amide bonds. The van der Waals surface area contributed by atoms with E-state index in [0.717, 1.165) is 11.1 Å². The number of rotatable bonds is 4. The molecule has 0 N–H and O–H groups in total. The predicted molar refractivity (Wildman–Crippen MR) is 126 cm³/mol. The molecule has 1 fully saturated rings. The number of anilines is 1. The average molecular weight is 459 g/mol. The lowest BCUT2D eigenvalue weighted by Gasteiger charge is -2.45. The molecule has 0 radical (unpaired) electrons. The summed E-state index contributed by atoms with van der Waals surface area (Å²) in [4.78, 5) is 38.5. The summed E-state index contributed by atoms with van der Waals surface area (Å²) >= 11 is 0. The number of aromatic nitrogens is 2. The van der Waals surface area contributed by atoms with Crippen LogP contribution in [0.3, 0.4) is 0 Å². The number of fused-ring (bicyclic) bond motifs is 1. The third-order valence-corrected chi connectivity index (χ3v) is 5.45. The Morgan fingerprint density at radius 3 is 2.36 bits per heavy atom. The van der Waals surface area contributed by atoms with E-state index < -0.39 is 11.6 Å². The van der Waals surface area contributed by atoms with Gasteiger partial charge in [-0.1, -0.05) is 0 Å². The maximum Gasteiger partial charge on any atom is 0.410 e. The van der Waals surface area contributed by atoms with Gasteiger partial charge in [0.25, 0.3) is 0 Å². The highest BCUT2D eigenvalue weighted by atomic mass is 16.6. The highest BCUT2D eigenvalue weighted by molar-refractivity contribution is 6.06. The predicted octanol–water partition coefficient (Wildman–Crippen LogP) is 3.96. The highest BCUT2D eigenvalue weighted by Crippen LogP contribution is 2.36. The van der Waals surface area contributed by atoms with Crippen LogP contribution in [-0.4, -0.2) is 71.4 Å². The fourth-order valence-corrected chi connectivity index (χ4v) is 4.30. The van der Waals surface area contributed by atoms with Gasteiger partial charge in [-0.15, -0.1) is 0 Å². The van der Waals surface area contributed by atoms with Crippen LogP contribution in [-0.2, 0) is 9.47 Å². The molecule has 33 heavy (non-hydrogen) atoms. The first-order valence-electron chi connectivity index (χ1n) is 11.2. The smallest absolute Gasteiger partial charge is 0.410 e. The molecule has 9 heteroatoms. The van der Waals surface area contributed by atoms with Crippen molar-refractivity contribution in [3.63, 3.8) is 0 Å². The van der Waals surface area contributed by atoms with Crippen LogP contribution < -0.4 is 9.64 Å². The Labute approximate surface area is 195 Å². The van der Waals surface area contributed by atoms with E-state index in [-0.39, 0.29) is 24.8 Å². The second-order valence-electron chi connectivity index (χ2n) is 9.40. The van der Waals surface area contributed by atoms with Gasteiger partial charge in [-0.25, -0.2) is 19.6 Å². The number of pyridine rings is 2. The largest absolute Gasteiger partial charge is 0.479 e. The quantitative estimate of drug-likeness (QED) is 0.636. The molecule has 3 rings (SSSR count). The van der Waals surface area contributed by atoms with Gasteiger partial charge in [-0.2, -0.15) is 0 Å². The Bertz CT molecular complexity index is 1040. The average Bonchev–Trinajstić information content (AvgIpc) is 2.70. The standard InChI is InChI=1S/C24H34N4O5/c1-9-32-22(29)18-11-25-19-17(10-14(2)26-21(19)31-8)20(18)27-12-15(3)28(16(4)13-27)23(30)33-24(5,6)7/h10-11,15-16H,9,12-13H2,1-8H3/t15-,16+. The number of carbonyl (C=O) groups excluding carboxylic acids is 2. The maximum atomic E-state index is 12.9. The summed E-state index contributed by atoms with van der Waals surface area (Å²) in [5.41, 5.74) is 1.83. The summed E-state index contributed by atoms with van der Waals surface area (Å²) < 4.78 is 16.4. The van der Waals surface area contributed by atoms with Crippen molar-refractivity contribution in [2.24, 2.45) is 0 Å². The minimum atomic E-state index is -0.576. The molecule has 9 nitrogen and oxygen atoms in total. The van der Waals surface area contributed by atoms with Crippen molar-refractivity contribution < 1.29 is 23.8 Å². The number of amides is 1. The zero-order valence-corrected chi connectivity index (χ0v) is 20.8. The zero-order valence-electron chi connectivity index (χ0n) is 20.8. The van der Waals surface area contributed by atoms with Gasteiger partial charge in [0.05, 0.1) is 31.5 Å². The van der Waals surface area contributed by atoms with Gasteiger partial charge >= 0.3 is 12.1 Å². The summed E-state index contributed by atoms with van der Waals surface area (Å²) in [6.07, 6.45) is 1.18. The first kappa shape index (κ1) is 24.5. The van der Waals surface area contributed by atoms with Crippen molar-refractivity contribution >= 4 is 28.7 Å². The summed E-state index contributed by atoms with van der Waals surface area (Å²) in [7, 11) is 1.55. The number of ether oxygens (including phenoxy) is 3. The Hall–Kier alpha value is -3.10. The van der Waals surface area contributed by atoms with Crippen molar-refractivity contribution in [3.8, 4) is 5.88 Å². The highest BCUT2D eigenvalue weighted by Gasteiger charge is 2.37. The summed E-state index contributed by atoms with van der Waals surface area (Å²) in [5.74, 6) is -0.0413. The molecule has 0 unspecified atom stereocenters. The lowest BCUT2D eigenvalue weighted by molar-refractivity contribution is 0.00559. The van der Waals surface area contributed by atoms with Crippen LogP contribution in [0.15, 0.2) is 12.3 Å². The fourth-order valence-electron chi connectivity index (χ4n) is 4.30. The summed E-state index contributed by atoms with van der Waals surface area (Å²) in [6.45, 7) is 14.5. The number of esters is 1. The van der Waals surface area contributed by atoms with Crippen molar-refractivity contribution in [3.05, 3.63) is 23.5 Å². The van der Waals surface area contributed by atoms with Gasteiger partial charge < -0.3 is 19.1 Å². The van der Waals surface area contributed by atoms with Crippen molar-refractivity contribution in [2.45, 2.75) is 66.2 Å². The molecule has 0 bridgehead atoms. The van der Waals surface area contributed by atoms with Gasteiger partial charge in [0, 0.05) is 30.4 Å². The first-order valence-corrected chi connectivity index (χ1v) is 11.2. The molecule has 0 aromatic carbocycles. The van der Waals surface area contributed by atoms with E-state index in [4.69, 9.17) is 14.2 Å². The van der Waals surface area contributed by atoms with Crippen LogP contribution in [0.4, 0.5) is 10.5 Å². The second-order valence-corrected chi connectivity index (χ2v) is 9.40. The minimum absolute atomic E-state index is 0.147. The number of piperazine rings is 1. The molecule has 2 aromatic rings. The molecule has 1 aliphatic rings. The van der Waals surface area contributed by atoms with E-state index in [1.165, 1.54) is 6.20 Å². The Morgan fingerprint density at radius 2 is 1.82 bits per heavy atom. The van der Waals surface area contributed by atoms with Gasteiger partial charge in [0.15, 0.2) is 0 Å². The fraction of sp³-hybridized carbons (Fsp3) is 0.583. The molecule has 1 saturated heterocycles. The first-order chi connectivity index (χ1) is 15.5. The lowest BCUT2D eigenvalue weighted by atomic mass is 10.0. The van der Waals surface area contributed by atoms with E-state index in [0.29, 0.717) is 35.7 Å². The third-order valence-electron chi connectivity index (χ3n) is 5.45. The molecular weight excluding hydrogens is 424 g/mol. The van der Waals surface area contributed by atoms with Gasteiger partial charge in [0.2, 0.25) is 5.88 Å². The number of hydrogen-bond acceptors (Lipinski definition) is 8. The van der Waals surface area contributed by atoms with Crippen LogP contribution in [0, 0.1) is 6.92 Å². The van der Waals surface area contributed by atoms with Crippen LogP contribution in [0.2, 0.25) is 0 Å². The Balaban J connectivity index is 2.08. The second kappa shape index (κ2) is 9.41. The number of aryl methyl sites for hydroxylation is 1. The SMILES string of the molecule is CCOC(=O)c1cnc2c(OC)nc(C)cc2c1N1C[C@@H](C)N(C(=O)OC(C)(C)C)[C@@H](C)C1. The van der Waals surface area contributed by atoms with Gasteiger partial charge in [-0.3, -0.25) is 4.90 Å². The molecule has 2 atom stereocenters. The molecular formula is C24H34N4O5. The van der Waals surface area contributed by atoms with Gasteiger partial charge in [0.1, 0.15) is 16.7 Å². The zero-order chi connectivity index (χ0) is 24.5. The Kier molecular flexibility index (Phi) is 7.00. The van der Waals surface area contributed by atoms with Gasteiger partial charge in [-0.05, 0) is 54.5 Å².